The van der Waals surface area contributed by atoms with E-state index in [1.54, 1.807) is 6.20 Å². The Kier molecular flexibility index (Phi) is 4.01. The van der Waals surface area contributed by atoms with E-state index in [1.165, 1.54) is 0 Å². The molecular formula is C16H20N4O. The van der Waals surface area contributed by atoms with Crippen molar-refractivity contribution < 1.29 is 4.79 Å². The van der Waals surface area contributed by atoms with Gasteiger partial charge in [-0.3, -0.25) is 4.79 Å². The van der Waals surface area contributed by atoms with Crippen LogP contribution in [0.1, 0.15) is 31.4 Å². The van der Waals surface area contributed by atoms with Gasteiger partial charge in [-0.15, -0.1) is 0 Å². The first kappa shape index (κ1) is 13.8. The van der Waals surface area contributed by atoms with Crippen molar-refractivity contribution in [3.63, 3.8) is 0 Å². The third kappa shape index (κ3) is 3.13. The highest BCUT2D eigenvalue weighted by atomic mass is 16.2. The van der Waals surface area contributed by atoms with Crippen molar-refractivity contribution in [1.82, 2.24) is 20.4 Å². The second kappa shape index (κ2) is 6.10. The highest BCUT2D eigenvalue weighted by molar-refractivity contribution is 5.82. The number of benzene rings is 1. The summed E-state index contributed by atoms with van der Waals surface area (Å²) in [4.78, 5) is 12.2. The summed E-state index contributed by atoms with van der Waals surface area (Å²) in [5, 5.41) is 10.5. The van der Waals surface area contributed by atoms with Crippen molar-refractivity contribution in [2.24, 2.45) is 0 Å². The fourth-order valence-corrected chi connectivity index (χ4v) is 2.66. The summed E-state index contributed by atoms with van der Waals surface area (Å²) in [6.07, 6.45) is 5.65. The van der Waals surface area contributed by atoms with Gasteiger partial charge in [0.1, 0.15) is 0 Å². The minimum atomic E-state index is -0.0400. The predicted molar refractivity (Wildman–Crippen MR) is 81.1 cm³/mol. The fourth-order valence-electron chi connectivity index (χ4n) is 2.66. The molecule has 0 aliphatic carbocycles. The van der Waals surface area contributed by atoms with E-state index in [0.29, 0.717) is 0 Å². The summed E-state index contributed by atoms with van der Waals surface area (Å²) in [5.74, 6) is 0.0875. The number of nitrogens with zero attached hydrogens (tertiary/aromatic N) is 2. The molecule has 1 amide bonds. The average Bonchev–Trinajstić information content (AvgIpc) is 3.20. The third-order valence-electron chi connectivity index (χ3n) is 3.87. The van der Waals surface area contributed by atoms with Gasteiger partial charge in [-0.2, -0.15) is 5.10 Å². The Bertz CT molecular complexity index is 602. The molecule has 1 fully saturated rings. The number of aromatic nitrogens is 2. The average molecular weight is 284 g/mol. The number of rotatable bonds is 4. The van der Waals surface area contributed by atoms with Crippen molar-refractivity contribution in [1.29, 1.82) is 0 Å². The zero-order valence-electron chi connectivity index (χ0n) is 12.1. The molecule has 2 N–H and O–H groups in total. The maximum atomic E-state index is 12.2. The fraction of sp³-hybridized carbons (Fsp3) is 0.375. The first-order valence-corrected chi connectivity index (χ1v) is 7.38. The minimum absolute atomic E-state index is 0.0181. The molecule has 0 spiro atoms. The summed E-state index contributed by atoms with van der Waals surface area (Å²) in [5.41, 5.74) is 2.08. The first-order valence-electron chi connectivity index (χ1n) is 7.38. The SMILES string of the molecule is C[C@H](NC(=O)[C@H]1CCCN1)c1cccc(-n2cccn2)c1. The lowest BCUT2D eigenvalue weighted by molar-refractivity contribution is -0.123. The molecular weight excluding hydrogens is 264 g/mol. The largest absolute Gasteiger partial charge is 0.348 e. The topological polar surface area (TPSA) is 59.0 Å². The zero-order valence-corrected chi connectivity index (χ0v) is 12.1. The summed E-state index contributed by atoms with van der Waals surface area (Å²) >= 11 is 0. The van der Waals surface area contributed by atoms with Crippen molar-refractivity contribution in [2.45, 2.75) is 31.8 Å². The molecule has 1 aromatic carbocycles. The van der Waals surface area contributed by atoms with Crippen LogP contribution in [0.5, 0.6) is 0 Å². The maximum Gasteiger partial charge on any atom is 0.237 e. The van der Waals surface area contributed by atoms with Crippen LogP contribution >= 0.6 is 0 Å². The van der Waals surface area contributed by atoms with Crippen LogP contribution in [-0.4, -0.2) is 28.3 Å². The molecule has 0 saturated carbocycles. The van der Waals surface area contributed by atoms with Gasteiger partial charge < -0.3 is 10.6 Å². The van der Waals surface area contributed by atoms with Crippen LogP contribution in [0.25, 0.3) is 5.69 Å². The van der Waals surface area contributed by atoms with E-state index in [4.69, 9.17) is 0 Å². The Labute approximate surface area is 124 Å². The molecule has 1 aliphatic heterocycles. The molecule has 2 atom stereocenters. The molecule has 0 radical (unpaired) electrons. The molecule has 110 valence electrons. The van der Waals surface area contributed by atoms with Crippen LogP contribution in [0.2, 0.25) is 0 Å². The van der Waals surface area contributed by atoms with Crippen LogP contribution in [0.3, 0.4) is 0 Å². The smallest absolute Gasteiger partial charge is 0.237 e. The van der Waals surface area contributed by atoms with E-state index >= 15 is 0 Å². The van der Waals surface area contributed by atoms with E-state index in [9.17, 15) is 4.79 Å². The normalized spacial score (nSPS) is 19.4. The Morgan fingerprint density at radius 2 is 2.38 bits per heavy atom. The first-order chi connectivity index (χ1) is 10.2. The number of amides is 1. The van der Waals surface area contributed by atoms with E-state index in [0.717, 1.165) is 30.6 Å². The van der Waals surface area contributed by atoms with Gasteiger partial charge in [0.05, 0.1) is 17.8 Å². The second-order valence-corrected chi connectivity index (χ2v) is 5.42. The van der Waals surface area contributed by atoms with Gasteiger partial charge in [0.25, 0.3) is 0 Å². The lowest BCUT2D eigenvalue weighted by Gasteiger charge is -2.18. The lowest BCUT2D eigenvalue weighted by atomic mass is 10.1. The Morgan fingerprint density at radius 1 is 1.48 bits per heavy atom. The van der Waals surface area contributed by atoms with E-state index < -0.39 is 0 Å². The quantitative estimate of drug-likeness (QED) is 0.900. The molecule has 21 heavy (non-hydrogen) atoms. The van der Waals surface area contributed by atoms with Crippen molar-refractivity contribution in [2.75, 3.05) is 6.54 Å². The van der Waals surface area contributed by atoms with E-state index in [1.807, 2.05) is 42.1 Å². The van der Waals surface area contributed by atoms with Crippen LogP contribution in [0.4, 0.5) is 0 Å². The molecule has 5 heteroatoms. The number of hydrogen-bond acceptors (Lipinski definition) is 3. The third-order valence-corrected chi connectivity index (χ3v) is 3.87. The van der Waals surface area contributed by atoms with Gasteiger partial charge >= 0.3 is 0 Å². The molecule has 1 aromatic heterocycles. The number of nitrogens with one attached hydrogen (secondary N) is 2. The molecule has 0 bridgehead atoms. The van der Waals surface area contributed by atoms with Crippen molar-refractivity contribution >= 4 is 5.91 Å². The highest BCUT2D eigenvalue weighted by Gasteiger charge is 2.23. The summed E-state index contributed by atoms with van der Waals surface area (Å²) in [7, 11) is 0. The molecule has 3 rings (SSSR count). The molecule has 1 saturated heterocycles. The summed E-state index contributed by atoms with van der Waals surface area (Å²) in [6, 6.07) is 9.91. The second-order valence-electron chi connectivity index (χ2n) is 5.42. The Morgan fingerprint density at radius 3 is 3.10 bits per heavy atom. The van der Waals surface area contributed by atoms with E-state index in [-0.39, 0.29) is 18.0 Å². The van der Waals surface area contributed by atoms with Gasteiger partial charge in [0, 0.05) is 12.4 Å². The van der Waals surface area contributed by atoms with E-state index in [2.05, 4.69) is 21.8 Å². The van der Waals surface area contributed by atoms with Crippen molar-refractivity contribution in [3.8, 4) is 5.69 Å². The molecule has 2 heterocycles. The summed E-state index contributed by atoms with van der Waals surface area (Å²) < 4.78 is 1.82. The molecule has 1 aliphatic rings. The standard InChI is InChI=1S/C16H20N4O/c1-12(19-16(21)15-7-3-8-17-15)13-5-2-6-14(11-13)20-10-4-9-18-20/h2,4-6,9-12,15,17H,3,7-8H2,1H3,(H,19,21)/t12-,15+/m0/s1. The van der Waals surface area contributed by atoms with Gasteiger partial charge in [-0.25, -0.2) is 4.68 Å². The van der Waals surface area contributed by atoms with Gasteiger partial charge in [0.15, 0.2) is 0 Å². The molecule has 0 unspecified atom stereocenters. The van der Waals surface area contributed by atoms with Crippen LogP contribution in [0.15, 0.2) is 42.7 Å². The van der Waals surface area contributed by atoms with Crippen LogP contribution in [0, 0.1) is 0 Å². The lowest BCUT2D eigenvalue weighted by Crippen LogP contribution is -2.41. The minimum Gasteiger partial charge on any atom is -0.348 e. The Balaban J connectivity index is 1.71. The van der Waals surface area contributed by atoms with Gasteiger partial charge in [-0.1, -0.05) is 12.1 Å². The van der Waals surface area contributed by atoms with Crippen LogP contribution < -0.4 is 10.6 Å². The van der Waals surface area contributed by atoms with Crippen LogP contribution in [-0.2, 0) is 4.79 Å². The number of hydrogen-bond donors (Lipinski definition) is 2. The molecule has 2 aromatic rings. The molecule has 5 nitrogen and oxygen atoms in total. The van der Waals surface area contributed by atoms with Crippen molar-refractivity contribution in [3.05, 3.63) is 48.3 Å². The van der Waals surface area contributed by atoms with Gasteiger partial charge in [-0.05, 0) is 50.1 Å². The monoisotopic (exact) mass is 284 g/mol. The maximum absolute atomic E-state index is 12.2. The zero-order chi connectivity index (χ0) is 14.7. The number of carbonyl (C=O) groups is 1. The number of carbonyl (C=O) groups excluding carboxylic acids is 1. The Hall–Kier alpha value is -2.14. The predicted octanol–water partition coefficient (Wildman–Crippen LogP) is 1.80. The highest BCUT2D eigenvalue weighted by Crippen LogP contribution is 2.17. The summed E-state index contributed by atoms with van der Waals surface area (Å²) in [6.45, 7) is 2.94. The van der Waals surface area contributed by atoms with Gasteiger partial charge in [0.2, 0.25) is 5.91 Å².